The van der Waals surface area contributed by atoms with Gasteiger partial charge in [-0.05, 0) is 22.0 Å². The zero-order valence-electron chi connectivity index (χ0n) is 11.7. The van der Waals surface area contributed by atoms with Crippen molar-refractivity contribution in [2.24, 2.45) is 0 Å². The molecule has 0 saturated heterocycles. The van der Waals surface area contributed by atoms with Crippen LogP contribution in [0.4, 0.5) is 5.69 Å². The van der Waals surface area contributed by atoms with Gasteiger partial charge in [0, 0.05) is 18.3 Å². The Hall–Kier alpha value is -2.42. The van der Waals surface area contributed by atoms with Crippen LogP contribution < -0.4 is 21.3 Å². The molecular weight excluding hydrogens is 354 g/mol. The maximum Gasteiger partial charge on any atom is 0.283 e. The van der Waals surface area contributed by atoms with Gasteiger partial charge < -0.3 is 15.8 Å². The molecule has 8 nitrogen and oxygen atoms in total. The predicted octanol–water partition coefficient (Wildman–Crippen LogP) is 0.308. The Morgan fingerprint density at radius 1 is 1.50 bits per heavy atom. The van der Waals surface area contributed by atoms with Crippen molar-refractivity contribution >= 4 is 27.5 Å². The summed E-state index contributed by atoms with van der Waals surface area (Å²) >= 11 is 3.06. The SMILES string of the molecule is COc1cnccc1CNC(=O)Cn1ncc(N)c(Br)c1=O. The van der Waals surface area contributed by atoms with Gasteiger partial charge in [-0.25, -0.2) is 4.68 Å². The molecule has 0 aliphatic carbocycles. The number of amides is 1. The molecule has 2 heterocycles. The smallest absolute Gasteiger partial charge is 0.283 e. The van der Waals surface area contributed by atoms with Crippen molar-refractivity contribution in [3.63, 3.8) is 0 Å². The highest BCUT2D eigenvalue weighted by molar-refractivity contribution is 9.10. The lowest BCUT2D eigenvalue weighted by molar-refractivity contribution is -0.122. The minimum atomic E-state index is -0.461. The Kier molecular flexibility index (Phi) is 5.10. The molecule has 0 unspecified atom stereocenters. The summed E-state index contributed by atoms with van der Waals surface area (Å²) < 4.78 is 6.36. The van der Waals surface area contributed by atoms with Crippen molar-refractivity contribution in [3.8, 4) is 5.75 Å². The van der Waals surface area contributed by atoms with Gasteiger partial charge in [-0.3, -0.25) is 14.6 Å². The molecule has 1 amide bonds. The van der Waals surface area contributed by atoms with Gasteiger partial charge in [0.1, 0.15) is 16.8 Å². The van der Waals surface area contributed by atoms with Crippen LogP contribution in [0.1, 0.15) is 5.56 Å². The number of pyridine rings is 1. The standard InChI is InChI=1S/C13H14BrN5O3/c1-22-10-6-16-3-2-8(10)4-17-11(20)7-19-13(21)12(14)9(15)5-18-19/h2-3,5-6H,4,7,15H2,1H3,(H,17,20). The van der Waals surface area contributed by atoms with Crippen LogP contribution in [0, 0.1) is 0 Å². The van der Waals surface area contributed by atoms with Crippen LogP contribution in [-0.2, 0) is 17.9 Å². The van der Waals surface area contributed by atoms with Gasteiger partial charge in [0.25, 0.3) is 5.56 Å². The molecule has 0 aliphatic heterocycles. The first-order valence-electron chi connectivity index (χ1n) is 6.27. The largest absolute Gasteiger partial charge is 0.495 e. The van der Waals surface area contributed by atoms with Gasteiger partial charge in [0.05, 0.1) is 25.2 Å². The Balaban J connectivity index is 2.02. The molecule has 2 aromatic rings. The normalized spacial score (nSPS) is 10.3. The van der Waals surface area contributed by atoms with Gasteiger partial charge in [0.15, 0.2) is 0 Å². The number of hydrogen-bond donors (Lipinski definition) is 2. The summed E-state index contributed by atoms with van der Waals surface area (Å²) in [6.07, 6.45) is 4.47. The molecule has 0 spiro atoms. The van der Waals surface area contributed by atoms with Crippen molar-refractivity contribution in [3.05, 3.63) is 45.0 Å². The minimum absolute atomic E-state index is 0.186. The Morgan fingerprint density at radius 2 is 2.27 bits per heavy atom. The van der Waals surface area contributed by atoms with Gasteiger partial charge >= 0.3 is 0 Å². The zero-order chi connectivity index (χ0) is 16.1. The van der Waals surface area contributed by atoms with Crippen LogP contribution in [0.25, 0.3) is 0 Å². The van der Waals surface area contributed by atoms with Crippen molar-refractivity contribution in [2.75, 3.05) is 12.8 Å². The fourth-order valence-corrected chi connectivity index (χ4v) is 2.02. The number of carbonyl (C=O) groups excluding carboxylic acids is 1. The van der Waals surface area contributed by atoms with Crippen LogP contribution in [0.5, 0.6) is 5.75 Å². The highest BCUT2D eigenvalue weighted by Gasteiger charge is 2.10. The Labute approximate surface area is 134 Å². The molecule has 0 atom stereocenters. The van der Waals surface area contributed by atoms with Crippen LogP contribution in [0.15, 0.2) is 33.9 Å². The molecule has 0 radical (unpaired) electrons. The lowest BCUT2D eigenvalue weighted by Gasteiger charge is -2.10. The number of halogens is 1. The average Bonchev–Trinajstić information content (AvgIpc) is 2.53. The molecule has 0 aromatic carbocycles. The van der Waals surface area contributed by atoms with Crippen LogP contribution >= 0.6 is 15.9 Å². The van der Waals surface area contributed by atoms with E-state index in [9.17, 15) is 9.59 Å². The third kappa shape index (κ3) is 3.61. The topological polar surface area (TPSA) is 112 Å². The van der Waals surface area contributed by atoms with Crippen LogP contribution in [0.3, 0.4) is 0 Å². The predicted molar refractivity (Wildman–Crippen MR) is 83.2 cm³/mol. The number of ether oxygens (including phenoxy) is 1. The maximum absolute atomic E-state index is 11.9. The number of nitrogen functional groups attached to an aromatic ring is 1. The molecular formula is C13H14BrN5O3. The lowest BCUT2D eigenvalue weighted by atomic mass is 10.2. The summed E-state index contributed by atoms with van der Waals surface area (Å²) in [7, 11) is 1.53. The van der Waals surface area contributed by atoms with E-state index in [0.717, 1.165) is 10.2 Å². The third-order valence-corrected chi connectivity index (χ3v) is 3.67. The summed E-state index contributed by atoms with van der Waals surface area (Å²) in [5.74, 6) is 0.221. The van der Waals surface area contributed by atoms with E-state index in [1.807, 2.05) is 0 Å². The number of hydrogen-bond acceptors (Lipinski definition) is 6. The Morgan fingerprint density at radius 3 is 3.00 bits per heavy atom. The van der Waals surface area contributed by atoms with E-state index in [2.05, 4.69) is 31.3 Å². The fraction of sp³-hybridized carbons (Fsp3) is 0.231. The molecule has 0 fully saturated rings. The highest BCUT2D eigenvalue weighted by Crippen LogP contribution is 2.15. The van der Waals surface area contributed by atoms with Crippen LogP contribution in [0.2, 0.25) is 0 Å². The van der Waals surface area contributed by atoms with E-state index in [0.29, 0.717) is 5.75 Å². The van der Waals surface area contributed by atoms with E-state index in [4.69, 9.17) is 10.5 Å². The molecule has 0 saturated carbocycles. The first-order valence-corrected chi connectivity index (χ1v) is 7.07. The van der Waals surface area contributed by atoms with E-state index in [1.54, 1.807) is 18.5 Å². The number of carbonyl (C=O) groups is 1. The van der Waals surface area contributed by atoms with E-state index >= 15 is 0 Å². The number of nitrogens with two attached hydrogens (primary N) is 1. The van der Waals surface area contributed by atoms with Gasteiger partial charge in [-0.2, -0.15) is 5.10 Å². The van der Waals surface area contributed by atoms with Gasteiger partial charge in [-0.15, -0.1) is 0 Å². The number of nitrogens with one attached hydrogen (secondary N) is 1. The first kappa shape index (κ1) is 16.0. The quantitative estimate of drug-likeness (QED) is 0.786. The summed E-state index contributed by atoms with van der Waals surface area (Å²) in [6.45, 7) is 0.0561. The summed E-state index contributed by atoms with van der Waals surface area (Å²) in [5, 5.41) is 6.51. The number of aromatic nitrogens is 3. The van der Waals surface area contributed by atoms with Crippen LogP contribution in [-0.4, -0.2) is 27.8 Å². The van der Waals surface area contributed by atoms with Crippen molar-refractivity contribution in [1.29, 1.82) is 0 Å². The summed E-state index contributed by atoms with van der Waals surface area (Å²) in [6, 6.07) is 1.74. The second-order valence-electron chi connectivity index (χ2n) is 4.34. The second-order valence-corrected chi connectivity index (χ2v) is 5.13. The molecule has 3 N–H and O–H groups in total. The second kappa shape index (κ2) is 7.03. The van der Waals surface area contributed by atoms with Crippen molar-refractivity contribution in [2.45, 2.75) is 13.1 Å². The summed E-state index contributed by atoms with van der Waals surface area (Å²) in [4.78, 5) is 27.7. The number of rotatable bonds is 5. The minimum Gasteiger partial charge on any atom is -0.495 e. The number of methoxy groups -OCH3 is 1. The van der Waals surface area contributed by atoms with Crippen molar-refractivity contribution < 1.29 is 9.53 Å². The molecule has 0 bridgehead atoms. The zero-order valence-corrected chi connectivity index (χ0v) is 13.3. The van der Waals surface area contributed by atoms with E-state index < -0.39 is 5.56 Å². The Bertz CT molecular complexity index is 747. The highest BCUT2D eigenvalue weighted by atomic mass is 79.9. The summed E-state index contributed by atoms with van der Waals surface area (Å²) in [5.41, 5.74) is 6.09. The van der Waals surface area contributed by atoms with Gasteiger partial charge in [0.2, 0.25) is 5.91 Å². The maximum atomic E-state index is 11.9. The van der Waals surface area contributed by atoms with Crippen molar-refractivity contribution in [1.82, 2.24) is 20.1 Å². The fourth-order valence-electron chi connectivity index (χ4n) is 1.71. The van der Waals surface area contributed by atoms with Gasteiger partial charge in [-0.1, -0.05) is 0 Å². The number of anilines is 1. The monoisotopic (exact) mass is 367 g/mol. The molecule has 22 heavy (non-hydrogen) atoms. The average molecular weight is 368 g/mol. The molecule has 2 aromatic heterocycles. The molecule has 9 heteroatoms. The molecule has 2 rings (SSSR count). The number of nitrogens with zero attached hydrogens (tertiary/aromatic N) is 3. The molecule has 116 valence electrons. The first-order chi connectivity index (χ1) is 10.5. The third-order valence-electron chi connectivity index (χ3n) is 2.87. The van der Waals surface area contributed by atoms with E-state index in [1.165, 1.54) is 13.3 Å². The van der Waals surface area contributed by atoms with E-state index in [-0.39, 0.29) is 29.2 Å². The molecule has 0 aliphatic rings. The lowest BCUT2D eigenvalue weighted by Crippen LogP contribution is -2.34.